The summed E-state index contributed by atoms with van der Waals surface area (Å²) in [5.74, 6) is -3.60. The predicted octanol–water partition coefficient (Wildman–Crippen LogP) is 2.39. The SMILES string of the molecule is CCOC(=O)c1ccc(N=NN2CCCC2)c(C(C(=O)OC)C(=O)OC)c1. The monoisotopic (exact) mass is 377 g/mol. The first-order valence-corrected chi connectivity index (χ1v) is 8.65. The highest BCUT2D eigenvalue weighted by molar-refractivity contribution is 6.02. The summed E-state index contributed by atoms with van der Waals surface area (Å²) < 4.78 is 14.4. The Labute approximate surface area is 157 Å². The number of carbonyl (C=O) groups excluding carboxylic acids is 3. The van der Waals surface area contributed by atoms with Crippen molar-refractivity contribution in [1.82, 2.24) is 5.01 Å². The third kappa shape index (κ3) is 5.02. The van der Waals surface area contributed by atoms with Gasteiger partial charge in [0.15, 0.2) is 5.92 Å². The zero-order chi connectivity index (χ0) is 19.8. The fourth-order valence-corrected chi connectivity index (χ4v) is 2.71. The minimum absolute atomic E-state index is 0.169. The van der Waals surface area contributed by atoms with E-state index in [9.17, 15) is 14.4 Å². The molecule has 1 aromatic rings. The number of benzene rings is 1. The lowest BCUT2D eigenvalue weighted by Crippen LogP contribution is -2.25. The summed E-state index contributed by atoms with van der Waals surface area (Å²) in [5, 5.41) is 10.1. The zero-order valence-electron chi connectivity index (χ0n) is 15.6. The van der Waals surface area contributed by atoms with Crippen LogP contribution in [0.5, 0.6) is 0 Å². The minimum Gasteiger partial charge on any atom is -0.468 e. The molecule has 1 aliphatic rings. The molecule has 0 unspecified atom stereocenters. The predicted molar refractivity (Wildman–Crippen MR) is 94.5 cm³/mol. The second kappa shape index (κ2) is 9.65. The third-order valence-electron chi connectivity index (χ3n) is 4.08. The molecule has 1 aromatic carbocycles. The lowest BCUT2D eigenvalue weighted by molar-refractivity contribution is -0.154. The van der Waals surface area contributed by atoms with E-state index in [0.29, 0.717) is 0 Å². The van der Waals surface area contributed by atoms with Gasteiger partial charge >= 0.3 is 17.9 Å². The Morgan fingerprint density at radius 2 is 1.74 bits per heavy atom. The topological polar surface area (TPSA) is 107 Å². The van der Waals surface area contributed by atoms with E-state index in [-0.39, 0.29) is 23.4 Å². The Morgan fingerprint density at radius 1 is 1.11 bits per heavy atom. The second-order valence-corrected chi connectivity index (χ2v) is 5.82. The summed E-state index contributed by atoms with van der Waals surface area (Å²) >= 11 is 0. The largest absolute Gasteiger partial charge is 0.468 e. The molecule has 27 heavy (non-hydrogen) atoms. The quantitative estimate of drug-likeness (QED) is 0.311. The highest BCUT2D eigenvalue weighted by atomic mass is 16.5. The van der Waals surface area contributed by atoms with Crippen molar-refractivity contribution in [3.63, 3.8) is 0 Å². The molecule has 2 rings (SSSR count). The molecule has 1 aliphatic heterocycles. The lowest BCUT2D eigenvalue weighted by atomic mass is 9.95. The van der Waals surface area contributed by atoms with Crippen LogP contribution in [0.25, 0.3) is 0 Å². The lowest BCUT2D eigenvalue weighted by Gasteiger charge is -2.16. The third-order valence-corrected chi connectivity index (χ3v) is 4.08. The van der Waals surface area contributed by atoms with Gasteiger partial charge in [-0.3, -0.25) is 14.6 Å². The van der Waals surface area contributed by atoms with Crippen LogP contribution in [0.3, 0.4) is 0 Å². The summed E-state index contributed by atoms with van der Waals surface area (Å²) in [6, 6.07) is 4.40. The van der Waals surface area contributed by atoms with Gasteiger partial charge < -0.3 is 14.2 Å². The molecular weight excluding hydrogens is 354 g/mol. The average Bonchev–Trinajstić information content (AvgIpc) is 3.20. The van der Waals surface area contributed by atoms with E-state index in [1.807, 2.05) is 0 Å². The molecular formula is C18H23N3O6. The van der Waals surface area contributed by atoms with Crippen molar-refractivity contribution in [1.29, 1.82) is 0 Å². The van der Waals surface area contributed by atoms with Crippen molar-refractivity contribution in [2.75, 3.05) is 33.9 Å². The van der Waals surface area contributed by atoms with Crippen molar-refractivity contribution in [3.8, 4) is 0 Å². The number of rotatable bonds is 7. The molecule has 0 amide bonds. The summed E-state index contributed by atoms with van der Waals surface area (Å²) in [5.41, 5.74) is 0.628. The molecule has 9 heteroatoms. The molecule has 0 radical (unpaired) electrons. The Hall–Kier alpha value is -2.97. The Balaban J connectivity index is 2.49. The van der Waals surface area contributed by atoms with Gasteiger partial charge in [0, 0.05) is 18.7 Å². The van der Waals surface area contributed by atoms with Crippen LogP contribution in [0.2, 0.25) is 0 Å². The van der Waals surface area contributed by atoms with E-state index in [0.717, 1.165) is 25.9 Å². The Kier molecular flexibility index (Phi) is 7.27. The molecule has 1 fully saturated rings. The highest BCUT2D eigenvalue weighted by Gasteiger charge is 2.33. The molecule has 0 N–H and O–H groups in total. The maximum Gasteiger partial charge on any atom is 0.338 e. The van der Waals surface area contributed by atoms with Crippen LogP contribution in [-0.2, 0) is 23.8 Å². The van der Waals surface area contributed by atoms with Gasteiger partial charge in [-0.1, -0.05) is 5.22 Å². The fraction of sp³-hybridized carbons (Fsp3) is 0.500. The maximum atomic E-state index is 12.2. The maximum absolute atomic E-state index is 12.2. The van der Waals surface area contributed by atoms with Gasteiger partial charge in [-0.25, -0.2) is 4.79 Å². The van der Waals surface area contributed by atoms with Crippen molar-refractivity contribution >= 4 is 23.6 Å². The normalized spacial score (nSPS) is 13.9. The van der Waals surface area contributed by atoms with Crippen molar-refractivity contribution < 1.29 is 28.6 Å². The number of hydrogen-bond acceptors (Lipinski definition) is 8. The smallest absolute Gasteiger partial charge is 0.338 e. The van der Waals surface area contributed by atoms with Crippen molar-refractivity contribution in [2.24, 2.45) is 10.3 Å². The molecule has 1 saturated heterocycles. The Morgan fingerprint density at radius 3 is 2.30 bits per heavy atom. The molecule has 0 aromatic heterocycles. The van der Waals surface area contributed by atoms with Crippen LogP contribution in [0.1, 0.15) is 41.6 Å². The zero-order valence-corrected chi connectivity index (χ0v) is 15.6. The van der Waals surface area contributed by atoms with E-state index in [1.165, 1.54) is 32.4 Å². The van der Waals surface area contributed by atoms with Crippen LogP contribution in [-0.4, -0.2) is 56.8 Å². The average molecular weight is 377 g/mol. The Bertz CT molecular complexity index is 712. The fourth-order valence-electron chi connectivity index (χ4n) is 2.71. The molecule has 0 aliphatic carbocycles. The minimum atomic E-state index is -1.39. The number of ether oxygens (including phenoxy) is 3. The first kappa shape index (κ1) is 20.3. The van der Waals surface area contributed by atoms with Crippen molar-refractivity contribution in [3.05, 3.63) is 29.3 Å². The van der Waals surface area contributed by atoms with E-state index < -0.39 is 23.8 Å². The second-order valence-electron chi connectivity index (χ2n) is 5.82. The molecule has 0 saturated carbocycles. The van der Waals surface area contributed by atoms with Crippen LogP contribution >= 0.6 is 0 Å². The van der Waals surface area contributed by atoms with Gasteiger partial charge in [0.25, 0.3) is 0 Å². The number of esters is 3. The van der Waals surface area contributed by atoms with Crippen molar-refractivity contribution in [2.45, 2.75) is 25.7 Å². The van der Waals surface area contributed by atoms with Gasteiger partial charge in [0.05, 0.1) is 32.1 Å². The molecule has 146 valence electrons. The van der Waals surface area contributed by atoms with E-state index in [1.54, 1.807) is 11.9 Å². The molecule has 9 nitrogen and oxygen atoms in total. The van der Waals surface area contributed by atoms with Gasteiger partial charge in [-0.2, -0.15) is 0 Å². The summed E-state index contributed by atoms with van der Waals surface area (Å²) in [6.07, 6.45) is 2.06. The number of carbonyl (C=O) groups is 3. The summed E-state index contributed by atoms with van der Waals surface area (Å²) in [6.45, 7) is 3.46. The van der Waals surface area contributed by atoms with E-state index in [4.69, 9.17) is 14.2 Å². The van der Waals surface area contributed by atoms with E-state index in [2.05, 4.69) is 10.3 Å². The number of hydrogen-bond donors (Lipinski definition) is 0. The molecule has 0 spiro atoms. The van der Waals surface area contributed by atoms with Gasteiger partial charge in [0.1, 0.15) is 0 Å². The number of nitrogens with zero attached hydrogens (tertiary/aromatic N) is 3. The van der Waals surface area contributed by atoms with Crippen LogP contribution < -0.4 is 0 Å². The number of methoxy groups -OCH3 is 2. The first-order chi connectivity index (χ1) is 13.0. The highest BCUT2D eigenvalue weighted by Crippen LogP contribution is 2.31. The first-order valence-electron chi connectivity index (χ1n) is 8.65. The van der Waals surface area contributed by atoms with E-state index >= 15 is 0 Å². The summed E-state index contributed by atoms with van der Waals surface area (Å²) in [4.78, 5) is 36.5. The van der Waals surface area contributed by atoms with Crippen LogP contribution in [0, 0.1) is 0 Å². The molecule has 0 bridgehead atoms. The summed E-state index contributed by atoms with van der Waals surface area (Å²) in [7, 11) is 2.33. The van der Waals surface area contributed by atoms with Crippen LogP contribution in [0.4, 0.5) is 5.69 Å². The molecule has 1 heterocycles. The molecule has 0 atom stereocenters. The van der Waals surface area contributed by atoms with Crippen LogP contribution in [0.15, 0.2) is 28.5 Å². The van der Waals surface area contributed by atoms with Gasteiger partial charge in [-0.05, 0) is 38.0 Å². The standard InChI is InChI=1S/C18H23N3O6/c1-4-27-16(22)12-7-8-14(19-20-21-9-5-6-10-21)13(11-12)15(17(23)25-2)18(24)26-3/h7-8,11,15H,4-6,9-10H2,1-3H3. The van der Waals surface area contributed by atoms with Gasteiger partial charge in [-0.15, -0.1) is 5.11 Å². The van der Waals surface area contributed by atoms with Gasteiger partial charge in [0.2, 0.25) is 0 Å².